The Morgan fingerprint density at radius 3 is 2.68 bits per heavy atom. The summed E-state index contributed by atoms with van der Waals surface area (Å²) in [5.41, 5.74) is 2.30. The molecule has 3 aromatic heterocycles. The highest BCUT2D eigenvalue weighted by Crippen LogP contribution is 2.33. The van der Waals surface area contributed by atoms with E-state index in [2.05, 4.69) is 20.4 Å². The van der Waals surface area contributed by atoms with Gasteiger partial charge in [0, 0.05) is 30.0 Å². The fourth-order valence-corrected chi connectivity index (χ4v) is 5.74. The van der Waals surface area contributed by atoms with Crippen LogP contribution in [0.25, 0.3) is 11.3 Å². The minimum Gasteiger partial charge on any atom is -0.360 e. The summed E-state index contributed by atoms with van der Waals surface area (Å²) in [6.07, 6.45) is 3.04. The molecule has 1 aliphatic rings. The number of hydrogen-bond acceptors (Lipinski definition) is 8. The Hall–Kier alpha value is -3.08. The fraction of sp³-hybridized carbons (Fsp3) is 0.261. The zero-order chi connectivity index (χ0) is 23.7. The number of nitrogens with zero attached hydrogens (tertiary/aromatic N) is 4. The van der Waals surface area contributed by atoms with E-state index in [0.717, 1.165) is 23.4 Å². The van der Waals surface area contributed by atoms with Crippen molar-refractivity contribution >= 4 is 51.2 Å². The highest BCUT2D eigenvalue weighted by atomic mass is 35.5. The number of aryl methyl sites for hydroxylation is 1. The Morgan fingerprint density at radius 1 is 1.21 bits per heavy atom. The molecule has 0 saturated carbocycles. The molecular weight excluding hydrogens is 494 g/mol. The Bertz CT molecular complexity index is 1330. The standard InChI is InChI=1S/C23H20ClN5O3S2/c1-13-18(19(28-32-13)14-5-3-2-4-6-14)22(31)29-9-7-15(8-10-29)21-26-16(12-33-21)20(30)27-23-25-11-17(24)34-23/h2-6,11-12,15H,7-10H2,1H3,(H,25,27,30). The van der Waals surface area contributed by atoms with Crippen LogP contribution >= 0.6 is 34.3 Å². The lowest BCUT2D eigenvalue weighted by molar-refractivity contribution is 0.0712. The maximum Gasteiger partial charge on any atom is 0.276 e. The van der Waals surface area contributed by atoms with E-state index in [1.54, 1.807) is 12.3 Å². The molecule has 1 saturated heterocycles. The number of nitrogens with one attached hydrogen (secondary N) is 1. The van der Waals surface area contributed by atoms with Crippen LogP contribution in [-0.4, -0.2) is 44.9 Å². The molecule has 11 heteroatoms. The molecule has 1 aromatic carbocycles. The molecule has 1 fully saturated rings. The maximum absolute atomic E-state index is 13.3. The molecule has 0 spiro atoms. The van der Waals surface area contributed by atoms with Crippen molar-refractivity contribution in [1.29, 1.82) is 0 Å². The Morgan fingerprint density at radius 2 is 1.97 bits per heavy atom. The van der Waals surface area contributed by atoms with Crippen LogP contribution in [0.15, 0.2) is 46.4 Å². The third-order valence-electron chi connectivity index (χ3n) is 5.71. The van der Waals surface area contributed by atoms with Crippen molar-refractivity contribution in [3.63, 3.8) is 0 Å². The van der Waals surface area contributed by atoms with Crippen LogP contribution in [0.1, 0.15) is 50.4 Å². The van der Waals surface area contributed by atoms with Gasteiger partial charge in [-0.2, -0.15) is 0 Å². The van der Waals surface area contributed by atoms with Crippen LogP contribution in [0.2, 0.25) is 4.34 Å². The van der Waals surface area contributed by atoms with E-state index in [9.17, 15) is 9.59 Å². The number of aromatic nitrogens is 3. The first kappa shape index (κ1) is 22.7. The lowest BCUT2D eigenvalue weighted by Gasteiger charge is -2.31. The number of amides is 2. The van der Waals surface area contributed by atoms with Gasteiger partial charge in [0.25, 0.3) is 11.8 Å². The molecule has 4 aromatic rings. The molecule has 0 bridgehead atoms. The number of anilines is 1. The van der Waals surface area contributed by atoms with Crippen LogP contribution in [0.5, 0.6) is 0 Å². The van der Waals surface area contributed by atoms with E-state index in [-0.39, 0.29) is 17.7 Å². The lowest BCUT2D eigenvalue weighted by atomic mass is 9.96. The molecule has 0 atom stereocenters. The fourth-order valence-electron chi connectivity index (χ4n) is 3.96. The number of thiazole rings is 2. The van der Waals surface area contributed by atoms with Crippen LogP contribution in [0, 0.1) is 6.92 Å². The van der Waals surface area contributed by atoms with Crippen molar-refractivity contribution in [1.82, 2.24) is 20.0 Å². The maximum atomic E-state index is 13.3. The molecule has 0 unspecified atom stereocenters. The van der Waals surface area contributed by atoms with Gasteiger partial charge in [-0.15, -0.1) is 11.3 Å². The van der Waals surface area contributed by atoms with Crippen molar-refractivity contribution in [2.45, 2.75) is 25.7 Å². The van der Waals surface area contributed by atoms with Gasteiger partial charge in [0.05, 0.1) is 11.2 Å². The molecule has 4 heterocycles. The van der Waals surface area contributed by atoms with Gasteiger partial charge in [-0.3, -0.25) is 14.9 Å². The second-order valence-electron chi connectivity index (χ2n) is 7.89. The van der Waals surface area contributed by atoms with Crippen LogP contribution in [-0.2, 0) is 0 Å². The monoisotopic (exact) mass is 513 g/mol. The van der Waals surface area contributed by atoms with Gasteiger partial charge in [-0.1, -0.05) is 58.4 Å². The van der Waals surface area contributed by atoms with Gasteiger partial charge in [-0.05, 0) is 19.8 Å². The summed E-state index contributed by atoms with van der Waals surface area (Å²) < 4.78 is 5.87. The van der Waals surface area contributed by atoms with E-state index >= 15 is 0 Å². The summed E-state index contributed by atoms with van der Waals surface area (Å²) in [6, 6.07) is 9.58. The van der Waals surface area contributed by atoms with Crippen molar-refractivity contribution < 1.29 is 14.1 Å². The Balaban J connectivity index is 1.23. The predicted molar refractivity (Wildman–Crippen MR) is 132 cm³/mol. The smallest absolute Gasteiger partial charge is 0.276 e. The number of piperidine rings is 1. The number of rotatable bonds is 5. The van der Waals surface area contributed by atoms with Gasteiger partial charge in [-0.25, -0.2) is 9.97 Å². The summed E-state index contributed by atoms with van der Waals surface area (Å²) >= 11 is 8.53. The second-order valence-corrected chi connectivity index (χ2v) is 10.4. The predicted octanol–water partition coefficient (Wildman–Crippen LogP) is 5.49. The third-order valence-corrected chi connectivity index (χ3v) is 7.75. The number of benzene rings is 1. The first-order valence-electron chi connectivity index (χ1n) is 10.7. The molecule has 0 radical (unpaired) electrons. The van der Waals surface area contributed by atoms with E-state index in [4.69, 9.17) is 16.1 Å². The van der Waals surface area contributed by atoms with Crippen LogP contribution in [0.3, 0.4) is 0 Å². The summed E-state index contributed by atoms with van der Waals surface area (Å²) in [7, 11) is 0. The SMILES string of the molecule is Cc1onc(-c2ccccc2)c1C(=O)N1CCC(c2nc(C(=O)Nc3ncc(Cl)s3)cs2)CC1. The number of halogens is 1. The third kappa shape index (κ3) is 4.61. The molecule has 8 nitrogen and oxygen atoms in total. The number of hydrogen-bond donors (Lipinski definition) is 1. The number of carbonyl (C=O) groups is 2. The van der Waals surface area contributed by atoms with Crippen molar-refractivity contribution in [2.75, 3.05) is 18.4 Å². The summed E-state index contributed by atoms with van der Waals surface area (Å²) in [4.78, 5) is 36.2. The number of likely N-dealkylation sites (tertiary alicyclic amines) is 1. The van der Waals surface area contributed by atoms with Gasteiger partial charge in [0.1, 0.15) is 27.0 Å². The number of carbonyl (C=O) groups excluding carboxylic acids is 2. The minimum absolute atomic E-state index is 0.0719. The quantitative estimate of drug-likeness (QED) is 0.378. The van der Waals surface area contributed by atoms with Gasteiger partial charge >= 0.3 is 0 Å². The Kier molecular flexibility index (Phi) is 6.44. The first-order valence-corrected chi connectivity index (χ1v) is 12.8. The summed E-state index contributed by atoms with van der Waals surface area (Å²) in [6.45, 7) is 2.96. The molecular formula is C23H20ClN5O3S2. The highest BCUT2D eigenvalue weighted by molar-refractivity contribution is 7.19. The zero-order valence-electron chi connectivity index (χ0n) is 18.2. The van der Waals surface area contributed by atoms with Crippen LogP contribution in [0.4, 0.5) is 5.13 Å². The molecule has 0 aliphatic carbocycles. The van der Waals surface area contributed by atoms with E-state index in [1.807, 2.05) is 35.2 Å². The lowest BCUT2D eigenvalue weighted by Crippen LogP contribution is -2.38. The topological polar surface area (TPSA) is 101 Å². The van der Waals surface area contributed by atoms with E-state index in [1.165, 1.54) is 28.9 Å². The normalized spacial score (nSPS) is 14.4. The van der Waals surface area contributed by atoms with Crippen molar-refractivity contribution in [3.05, 3.63) is 68.3 Å². The summed E-state index contributed by atoms with van der Waals surface area (Å²) in [5, 5.41) is 9.95. The Labute approximate surface area is 208 Å². The molecule has 174 valence electrons. The highest BCUT2D eigenvalue weighted by Gasteiger charge is 2.31. The second kappa shape index (κ2) is 9.65. The zero-order valence-corrected chi connectivity index (χ0v) is 20.5. The molecule has 5 rings (SSSR count). The van der Waals surface area contributed by atoms with E-state index < -0.39 is 0 Å². The largest absolute Gasteiger partial charge is 0.360 e. The average Bonchev–Trinajstić information content (AvgIpc) is 3.59. The summed E-state index contributed by atoms with van der Waals surface area (Å²) in [5.74, 6) is 0.333. The molecule has 34 heavy (non-hydrogen) atoms. The van der Waals surface area contributed by atoms with Crippen molar-refractivity contribution in [2.24, 2.45) is 0 Å². The van der Waals surface area contributed by atoms with E-state index in [0.29, 0.717) is 45.3 Å². The molecule has 1 N–H and O–H groups in total. The average molecular weight is 514 g/mol. The molecule has 2 amide bonds. The van der Waals surface area contributed by atoms with Crippen molar-refractivity contribution in [3.8, 4) is 11.3 Å². The van der Waals surface area contributed by atoms with Gasteiger partial charge in [0.15, 0.2) is 5.13 Å². The van der Waals surface area contributed by atoms with Gasteiger partial charge in [0.2, 0.25) is 0 Å². The van der Waals surface area contributed by atoms with Gasteiger partial charge < -0.3 is 9.42 Å². The molecule has 1 aliphatic heterocycles. The van der Waals surface area contributed by atoms with Crippen LogP contribution < -0.4 is 5.32 Å². The minimum atomic E-state index is -0.308. The first-order chi connectivity index (χ1) is 16.5.